The van der Waals surface area contributed by atoms with Crippen LogP contribution >= 0.6 is 0 Å². The summed E-state index contributed by atoms with van der Waals surface area (Å²) in [5.74, 6) is -0.217. The van der Waals surface area contributed by atoms with E-state index in [1.165, 1.54) is 28.8 Å². The van der Waals surface area contributed by atoms with E-state index in [9.17, 15) is 9.50 Å². The molecule has 0 saturated carbocycles. The van der Waals surface area contributed by atoms with Gasteiger partial charge in [0.05, 0.1) is 6.10 Å². The van der Waals surface area contributed by atoms with Gasteiger partial charge in [0, 0.05) is 19.6 Å². The Morgan fingerprint density at radius 1 is 1.04 bits per heavy atom. The largest absolute Gasteiger partial charge is 0.392 e. The van der Waals surface area contributed by atoms with E-state index in [1.54, 1.807) is 0 Å². The fourth-order valence-electron chi connectivity index (χ4n) is 3.02. The molecule has 0 aliphatic carbocycles. The predicted octanol–water partition coefficient (Wildman–Crippen LogP) is 4.61. The van der Waals surface area contributed by atoms with Crippen LogP contribution in [0.25, 0.3) is 0 Å². The van der Waals surface area contributed by atoms with E-state index in [4.69, 9.17) is 0 Å². The molecule has 0 aliphatic rings. The van der Waals surface area contributed by atoms with Crippen LogP contribution in [0, 0.1) is 19.7 Å². The minimum absolute atomic E-state index is 0.217. The molecule has 130 valence electrons. The number of halogens is 1. The summed E-state index contributed by atoms with van der Waals surface area (Å²) in [4.78, 5) is 2.24. The summed E-state index contributed by atoms with van der Waals surface area (Å²) in [5, 5.41) is 10.2. The predicted molar refractivity (Wildman–Crippen MR) is 97.3 cm³/mol. The topological polar surface area (TPSA) is 23.5 Å². The molecule has 0 aromatic heterocycles. The maximum Gasteiger partial charge on any atom is 0.123 e. The van der Waals surface area contributed by atoms with Gasteiger partial charge < -0.3 is 5.11 Å². The van der Waals surface area contributed by atoms with Gasteiger partial charge in [0.25, 0.3) is 0 Å². The molecule has 2 rings (SSSR count). The summed E-state index contributed by atoms with van der Waals surface area (Å²) in [7, 11) is 0. The molecule has 0 fully saturated rings. The Bertz CT molecular complexity index is 639. The molecule has 0 bridgehead atoms. The number of aliphatic hydroxyl groups excluding tert-OH is 1. The highest BCUT2D eigenvalue weighted by atomic mass is 19.1. The van der Waals surface area contributed by atoms with Crippen molar-refractivity contribution in [1.82, 2.24) is 4.90 Å². The summed E-state index contributed by atoms with van der Waals surface area (Å²) >= 11 is 0. The molecule has 0 heterocycles. The summed E-state index contributed by atoms with van der Waals surface area (Å²) in [6.07, 6.45) is 1.43. The number of nitrogens with zero attached hydrogens (tertiary/aromatic N) is 1. The molecule has 0 aliphatic heterocycles. The van der Waals surface area contributed by atoms with Crippen molar-refractivity contribution in [1.29, 1.82) is 0 Å². The van der Waals surface area contributed by atoms with Gasteiger partial charge >= 0.3 is 0 Å². The summed E-state index contributed by atoms with van der Waals surface area (Å²) < 4.78 is 13.1. The van der Waals surface area contributed by atoms with Crippen molar-refractivity contribution in [2.45, 2.75) is 52.8 Å². The SMILES string of the molecule is CCCC(O)CN(Cc1ccc(F)cc1)Cc1ccc(C)cc1C. The number of hydrogen-bond acceptors (Lipinski definition) is 2. The standard InChI is InChI=1S/C21H28FNO/c1-4-5-21(24)15-23(13-18-7-10-20(22)11-8-18)14-19-9-6-16(2)12-17(19)3/h6-12,21,24H,4-5,13-15H2,1-3H3. The van der Waals surface area contributed by atoms with Gasteiger partial charge in [0.15, 0.2) is 0 Å². The van der Waals surface area contributed by atoms with Crippen LogP contribution in [0.5, 0.6) is 0 Å². The molecule has 1 atom stereocenters. The minimum atomic E-state index is -0.332. The van der Waals surface area contributed by atoms with Crippen LogP contribution < -0.4 is 0 Å². The molecule has 24 heavy (non-hydrogen) atoms. The molecule has 0 saturated heterocycles. The number of aryl methyl sites for hydroxylation is 2. The van der Waals surface area contributed by atoms with E-state index >= 15 is 0 Å². The first-order chi connectivity index (χ1) is 11.5. The maximum absolute atomic E-state index is 13.1. The average Bonchev–Trinajstić information content (AvgIpc) is 2.52. The summed E-state index contributed by atoms with van der Waals surface area (Å²) in [6, 6.07) is 13.1. The lowest BCUT2D eigenvalue weighted by Gasteiger charge is -2.26. The Kier molecular flexibility index (Phi) is 6.95. The van der Waals surface area contributed by atoms with Crippen molar-refractivity contribution in [2.24, 2.45) is 0 Å². The van der Waals surface area contributed by atoms with Gasteiger partial charge in [-0.15, -0.1) is 0 Å². The molecule has 3 heteroatoms. The lowest BCUT2D eigenvalue weighted by Crippen LogP contribution is -2.32. The van der Waals surface area contributed by atoms with Gasteiger partial charge in [-0.05, 0) is 49.1 Å². The molecular weight excluding hydrogens is 301 g/mol. The minimum Gasteiger partial charge on any atom is -0.392 e. The Balaban J connectivity index is 2.13. The Labute approximate surface area is 144 Å². The van der Waals surface area contributed by atoms with E-state index < -0.39 is 0 Å². The smallest absolute Gasteiger partial charge is 0.123 e. The quantitative estimate of drug-likeness (QED) is 0.765. The van der Waals surface area contributed by atoms with Crippen LogP contribution in [-0.2, 0) is 13.1 Å². The normalized spacial score (nSPS) is 12.6. The van der Waals surface area contributed by atoms with Gasteiger partial charge in [-0.1, -0.05) is 49.2 Å². The molecule has 0 spiro atoms. The van der Waals surface area contributed by atoms with Gasteiger partial charge in [-0.2, -0.15) is 0 Å². The number of benzene rings is 2. The van der Waals surface area contributed by atoms with E-state index in [0.717, 1.165) is 24.9 Å². The van der Waals surface area contributed by atoms with Crippen molar-refractivity contribution in [3.8, 4) is 0 Å². The molecule has 0 radical (unpaired) electrons. The van der Waals surface area contributed by atoms with Gasteiger partial charge in [-0.3, -0.25) is 4.90 Å². The third kappa shape index (κ3) is 5.73. The monoisotopic (exact) mass is 329 g/mol. The lowest BCUT2D eigenvalue weighted by atomic mass is 10.0. The van der Waals surface area contributed by atoms with E-state index in [0.29, 0.717) is 13.1 Å². The first kappa shape index (κ1) is 18.6. The molecule has 0 amide bonds. The third-order valence-corrected chi connectivity index (χ3v) is 4.30. The molecule has 1 unspecified atom stereocenters. The fourth-order valence-corrected chi connectivity index (χ4v) is 3.02. The second kappa shape index (κ2) is 8.95. The number of hydrogen-bond donors (Lipinski definition) is 1. The Hall–Kier alpha value is -1.71. The van der Waals surface area contributed by atoms with Crippen molar-refractivity contribution in [3.63, 3.8) is 0 Å². The molecule has 2 aromatic rings. The third-order valence-electron chi connectivity index (χ3n) is 4.30. The van der Waals surface area contributed by atoms with Crippen LogP contribution in [0.3, 0.4) is 0 Å². The Morgan fingerprint density at radius 3 is 2.38 bits per heavy atom. The van der Waals surface area contributed by atoms with Gasteiger partial charge in [0.2, 0.25) is 0 Å². The number of aliphatic hydroxyl groups is 1. The van der Waals surface area contributed by atoms with Crippen molar-refractivity contribution in [3.05, 3.63) is 70.5 Å². The van der Waals surface area contributed by atoms with E-state index in [1.807, 2.05) is 12.1 Å². The van der Waals surface area contributed by atoms with Crippen molar-refractivity contribution in [2.75, 3.05) is 6.54 Å². The average molecular weight is 329 g/mol. The first-order valence-electron chi connectivity index (χ1n) is 8.69. The van der Waals surface area contributed by atoms with Crippen LogP contribution in [0.2, 0.25) is 0 Å². The second-order valence-corrected chi connectivity index (χ2v) is 6.67. The Morgan fingerprint density at radius 2 is 1.75 bits per heavy atom. The molecule has 2 aromatic carbocycles. The summed E-state index contributed by atoms with van der Waals surface area (Å²) in [6.45, 7) is 8.41. The highest BCUT2D eigenvalue weighted by molar-refractivity contribution is 5.30. The van der Waals surface area contributed by atoms with Crippen LogP contribution in [0.1, 0.15) is 42.0 Å². The molecular formula is C21H28FNO. The fraction of sp³-hybridized carbons (Fsp3) is 0.429. The maximum atomic E-state index is 13.1. The lowest BCUT2D eigenvalue weighted by molar-refractivity contribution is 0.0969. The van der Waals surface area contributed by atoms with Crippen molar-refractivity contribution < 1.29 is 9.50 Å². The van der Waals surface area contributed by atoms with Crippen molar-refractivity contribution >= 4 is 0 Å². The molecule has 2 nitrogen and oxygen atoms in total. The zero-order valence-electron chi connectivity index (χ0n) is 14.9. The number of rotatable bonds is 8. The zero-order valence-corrected chi connectivity index (χ0v) is 14.9. The van der Waals surface area contributed by atoms with Gasteiger partial charge in [0.1, 0.15) is 5.82 Å². The van der Waals surface area contributed by atoms with Crippen LogP contribution in [0.15, 0.2) is 42.5 Å². The molecule has 1 N–H and O–H groups in total. The van der Waals surface area contributed by atoms with Gasteiger partial charge in [-0.25, -0.2) is 4.39 Å². The first-order valence-corrected chi connectivity index (χ1v) is 8.69. The summed E-state index contributed by atoms with van der Waals surface area (Å²) in [5.41, 5.74) is 4.85. The zero-order chi connectivity index (χ0) is 17.5. The van der Waals surface area contributed by atoms with E-state index in [-0.39, 0.29) is 11.9 Å². The highest BCUT2D eigenvalue weighted by Crippen LogP contribution is 2.16. The van der Waals surface area contributed by atoms with Crippen LogP contribution in [-0.4, -0.2) is 22.7 Å². The van der Waals surface area contributed by atoms with Crippen LogP contribution in [0.4, 0.5) is 4.39 Å². The van der Waals surface area contributed by atoms with E-state index in [2.05, 4.69) is 43.9 Å². The highest BCUT2D eigenvalue weighted by Gasteiger charge is 2.14. The second-order valence-electron chi connectivity index (χ2n) is 6.67.